The van der Waals surface area contributed by atoms with E-state index >= 15 is 0 Å². The molecule has 0 aromatic carbocycles. The second kappa shape index (κ2) is 53.7. The van der Waals surface area contributed by atoms with Gasteiger partial charge >= 0.3 is 5.97 Å². The number of nitrogens with one attached hydrogen (secondary N) is 7. The van der Waals surface area contributed by atoms with Gasteiger partial charge < -0.3 is 290 Å². The maximum atomic E-state index is 13.5. The van der Waals surface area contributed by atoms with E-state index in [9.17, 15) is 192 Å². The highest BCUT2D eigenvalue weighted by atomic mass is 16.8. The van der Waals surface area contributed by atoms with Crippen molar-refractivity contribution in [2.75, 3.05) is 72.7 Å². The van der Waals surface area contributed by atoms with E-state index in [1.807, 2.05) is 0 Å². The minimum absolute atomic E-state index is 0.837. The van der Waals surface area contributed by atoms with Crippen molar-refractivity contribution in [2.24, 2.45) is 0 Å². The first-order valence-electron chi connectivity index (χ1n) is 47.3. The molecule has 66 heteroatoms. The molecule has 56 atom stereocenters. The van der Waals surface area contributed by atoms with Crippen LogP contribution >= 0.6 is 0 Å². The van der Waals surface area contributed by atoms with E-state index < -0.39 is 469 Å². The Morgan fingerprint density at radius 1 is 0.302 bits per heavy atom. The standard InChI is InChI=1S/C83H137N7O59/c1-20-46(108)59(121)62(124)78(132-20)129-18-37-67(55(117)40(72(126)133-37)84-21(2)99)144-75-43(87-24(5)102)58(120)66(34(15-97)137-75)145-79-63(125)69(52(114)35(141-79)17-130-80-70(60(122)49(111)30(11-93)135-80)147-76-44(88-25(6)103)56(118)64(32(13-95)138-76)142-73-41(85-22(3)100)53(115)48(110)29(10-92)134-73)146-81-71(61(123)50(112)31(12-94)136-81)148-77-45(89-26(7)104)57(119)65(33(14-96)139-77)143-74-42(86-23(4)101)54(116)51(113)36(140-74)19-131-83(82(127)128)8-27(105)39(90-38(107)16-98)68(149-83)47(109)28(106)9-91/h20,27-37,39-81,91-98,105-106,108-126H,8-19H2,1-7H3,(H,84,99)(H,85,100)(H,86,101)(H,87,102)(H,88,103)(H,89,104)(H,90,107)(H,127,128)/t20-,27-,28+,29+,30+,31+,32+,33+,34+,35+,36+,37+,39+,40+,41+,42+,43+,44+,45-,46+,47+,48-,49+,50+,51-,52+,53+,54+,55+,56+,57+,58+,59+,60-,61-,62-,63-,64+,65+,66+,67+,68+,69-,70-,71-,72+,73-,74-,75-,76-,77-,78+,79-,80-,81+,83+/m0/s1. The molecule has 7 amide bonds. The number of aliphatic hydroxyl groups is 29. The average Bonchev–Trinajstić information content (AvgIpc) is 0.758. The van der Waals surface area contributed by atoms with Gasteiger partial charge in [0.1, 0.15) is 263 Å². The zero-order chi connectivity index (χ0) is 110. The Bertz CT molecular complexity index is 4300. The second-order valence-electron chi connectivity index (χ2n) is 37.5. The van der Waals surface area contributed by atoms with Crippen molar-refractivity contribution < 1.29 is 291 Å². The van der Waals surface area contributed by atoms with Crippen LogP contribution in [0.1, 0.15) is 54.9 Å². The van der Waals surface area contributed by atoms with Gasteiger partial charge in [-0.15, -0.1) is 0 Å². The van der Waals surface area contributed by atoms with Crippen molar-refractivity contribution in [2.45, 2.75) is 398 Å². The number of carboxylic acid groups (broad SMARTS) is 1. The number of carbonyl (C=O) groups excluding carboxylic acids is 7. The summed E-state index contributed by atoms with van der Waals surface area (Å²) in [5, 5.41) is 355. The lowest BCUT2D eigenvalue weighted by Gasteiger charge is -2.51. The van der Waals surface area contributed by atoms with Crippen molar-refractivity contribution in [3.05, 3.63) is 0 Å². The predicted molar refractivity (Wildman–Crippen MR) is 461 cm³/mol. The van der Waals surface area contributed by atoms with E-state index in [1.54, 1.807) is 0 Å². The molecule has 11 rings (SSSR count). The molecule has 0 spiro atoms. The number of aliphatic carboxylic acids is 1. The second-order valence-corrected chi connectivity index (χ2v) is 37.5. The molecular formula is C83H137N7O59. The molecule has 0 saturated carbocycles. The summed E-state index contributed by atoms with van der Waals surface area (Å²) in [7, 11) is 0. The predicted octanol–water partition coefficient (Wildman–Crippen LogP) is -24.8. The van der Waals surface area contributed by atoms with Gasteiger partial charge in [-0.1, -0.05) is 0 Å². The lowest BCUT2D eigenvalue weighted by molar-refractivity contribution is -0.398. The number of amides is 7. The van der Waals surface area contributed by atoms with Gasteiger partial charge in [0, 0.05) is 48.0 Å². The minimum Gasteiger partial charge on any atom is -0.477 e. The summed E-state index contributed by atoms with van der Waals surface area (Å²) in [5.74, 6) is -12.4. The zero-order valence-electron chi connectivity index (χ0n) is 80.5. The summed E-state index contributed by atoms with van der Waals surface area (Å²) in [6.07, 6.45) is -106. The van der Waals surface area contributed by atoms with E-state index in [0.29, 0.717) is 0 Å². The first kappa shape index (κ1) is 123. The number of carbonyl (C=O) groups is 8. The third-order valence-electron chi connectivity index (χ3n) is 26.8. The summed E-state index contributed by atoms with van der Waals surface area (Å²) in [6.45, 7) is -6.54. The summed E-state index contributed by atoms with van der Waals surface area (Å²) >= 11 is 0. The van der Waals surface area contributed by atoms with Crippen molar-refractivity contribution in [1.29, 1.82) is 0 Å². The van der Waals surface area contributed by atoms with E-state index in [4.69, 9.17) is 99.5 Å². The maximum Gasteiger partial charge on any atom is 0.364 e. The SMILES string of the molecule is CC(=O)N[C@@H]1[C@H](O[C@@H]2[C@@H](O[C@@H]3[C@H](O)[C@H](O[C@H]4[C@H](O)[C@@H](NC(C)=O)[C@H](O[C@H]5[C@H](O)[C@@H](NC(C)=O)[C@H](O)O[C@@H]5CO[C@@H]5O[C@@H](C)[C@@H](O)[C@@H](O)[C@@H]5O)O[C@@H]4CO)O[C@H](CO[C@H]4O[C@H](CO)[C@@H](O)[C@H](O)[C@@H]4O[C@@H]4O[C@H](CO)[C@@H](O[C@@H]5O[C@H](CO)[C@H](O)[C@H](O)[C@H]5NC(C)=O)[C@H](O)[C@H]4NC(C)=O)[C@H]3O)O[C@H](CO)[C@@H](O)[C@@H]2O)O[C@H](CO)[C@@H](O[C@@H]2O[C@H](CO[C@]3(C(=O)O)C[C@H](O)[C@@H](NC(=O)CO)[C@H]([C@H](O)[C@H](O)CO)O3)[C@H](O)[C@H](O)[C@H]2NC(C)=O)[C@@H]1O. The molecule has 0 aromatic rings. The molecule has 0 aromatic heterocycles. The normalized spacial score (nSPS) is 46.2. The van der Waals surface area contributed by atoms with Crippen LogP contribution in [0.4, 0.5) is 0 Å². The summed E-state index contributed by atoms with van der Waals surface area (Å²) in [6, 6.07) is -13.7. The third kappa shape index (κ3) is 28.1. The lowest BCUT2D eigenvalue weighted by atomic mass is 9.88. The molecule has 11 saturated heterocycles. The van der Waals surface area contributed by atoms with Gasteiger partial charge in [0.15, 0.2) is 62.9 Å². The third-order valence-corrected chi connectivity index (χ3v) is 26.8. The Labute approximate surface area is 843 Å². The van der Waals surface area contributed by atoms with Crippen LogP contribution in [0.15, 0.2) is 0 Å². The molecule has 66 nitrogen and oxygen atoms in total. The van der Waals surface area contributed by atoms with E-state index in [1.165, 1.54) is 6.92 Å². The fourth-order valence-corrected chi connectivity index (χ4v) is 19.1. The first-order valence-corrected chi connectivity index (χ1v) is 47.3. The van der Waals surface area contributed by atoms with Gasteiger partial charge in [-0.3, -0.25) is 33.6 Å². The van der Waals surface area contributed by atoms with Gasteiger partial charge in [0.2, 0.25) is 41.4 Å². The van der Waals surface area contributed by atoms with Gasteiger partial charge in [0.25, 0.3) is 5.79 Å². The average molecular weight is 2180 g/mol. The van der Waals surface area contributed by atoms with Crippen molar-refractivity contribution in [3.63, 3.8) is 0 Å². The number of rotatable bonds is 41. The van der Waals surface area contributed by atoms with Gasteiger partial charge in [-0.2, -0.15) is 0 Å². The smallest absolute Gasteiger partial charge is 0.364 e. The number of hydrogen-bond acceptors (Lipinski definition) is 58. The van der Waals surface area contributed by atoms with Crippen LogP contribution in [-0.2, 0) is 138 Å². The van der Waals surface area contributed by atoms with E-state index in [-0.39, 0.29) is 0 Å². The number of ether oxygens (including phenoxy) is 21. The zero-order valence-corrected chi connectivity index (χ0v) is 80.5. The topological polar surface area (TPSA) is 1020 Å². The molecular weight excluding hydrogens is 2040 g/mol. The highest BCUT2D eigenvalue weighted by Crippen LogP contribution is 2.43. The van der Waals surface area contributed by atoms with Gasteiger partial charge in [0.05, 0.1) is 84.3 Å². The maximum absolute atomic E-state index is 13.5. The Balaban J connectivity index is 0.924. The molecule has 11 aliphatic heterocycles. The number of hydrogen-bond donors (Lipinski definition) is 37. The van der Waals surface area contributed by atoms with Crippen LogP contribution in [-0.4, -0.2) is 616 Å². The molecule has 149 heavy (non-hydrogen) atoms. The van der Waals surface area contributed by atoms with E-state index in [2.05, 4.69) is 37.2 Å². The van der Waals surface area contributed by atoms with Crippen molar-refractivity contribution >= 4 is 47.3 Å². The monoisotopic (exact) mass is 2180 g/mol. The van der Waals surface area contributed by atoms with Crippen LogP contribution in [0, 0.1) is 0 Å². The molecule has 0 radical (unpaired) electrons. The molecule has 0 bridgehead atoms. The molecule has 0 aliphatic carbocycles. The van der Waals surface area contributed by atoms with Gasteiger partial charge in [-0.25, -0.2) is 4.79 Å². The lowest BCUT2D eigenvalue weighted by Crippen LogP contribution is -2.71. The highest BCUT2D eigenvalue weighted by Gasteiger charge is 2.64. The molecule has 0 unspecified atom stereocenters. The van der Waals surface area contributed by atoms with E-state index in [0.717, 1.165) is 41.5 Å². The quantitative estimate of drug-likeness (QED) is 0.0270. The Hall–Kier alpha value is -6.24. The van der Waals surface area contributed by atoms with Crippen LogP contribution < -0.4 is 37.2 Å². The van der Waals surface area contributed by atoms with Crippen LogP contribution in [0.25, 0.3) is 0 Å². The van der Waals surface area contributed by atoms with Crippen molar-refractivity contribution in [1.82, 2.24) is 37.2 Å². The molecule has 37 N–H and O–H groups in total. The Kier molecular flexibility index (Phi) is 44.3. The van der Waals surface area contributed by atoms with Crippen molar-refractivity contribution in [3.8, 4) is 0 Å². The molecule has 11 aliphatic rings. The largest absolute Gasteiger partial charge is 0.477 e. The van der Waals surface area contributed by atoms with Gasteiger partial charge in [-0.05, 0) is 6.92 Å². The summed E-state index contributed by atoms with van der Waals surface area (Å²) < 4.78 is 126. The van der Waals surface area contributed by atoms with Crippen LogP contribution in [0.3, 0.4) is 0 Å². The number of aliphatic hydroxyl groups excluding tert-OH is 29. The van der Waals surface area contributed by atoms with Crippen LogP contribution in [0.2, 0.25) is 0 Å². The Morgan fingerprint density at radius 2 is 0.631 bits per heavy atom. The molecule has 858 valence electrons. The highest BCUT2D eigenvalue weighted by molar-refractivity contribution is 5.79. The fourth-order valence-electron chi connectivity index (χ4n) is 19.1. The van der Waals surface area contributed by atoms with Crippen LogP contribution in [0.5, 0.6) is 0 Å². The molecule has 11 fully saturated rings. The minimum atomic E-state index is -3.21. The Morgan fingerprint density at radius 3 is 1.05 bits per heavy atom. The molecule has 11 heterocycles. The first-order chi connectivity index (χ1) is 70.3. The number of carboxylic acids is 1. The summed E-state index contributed by atoms with van der Waals surface area (Å²) in [4.78, 5) is 104. The fraction of sp³-hybridized carbons (Fsp3) is 0.904. The summed E-state index contributed by atoms with van der Waals surface area (Å²) in [5.41, 5.74) is 0.